The molecule has 4 nitrogen and oxygen atoms in total. The van der Waals surface area contributed by atoms with Crippen LogP contribution in [0.3, 0.4) is 0 Å². The van der Waals surface area contributed by atoms with E-state index < -0.39 is 4.92 Å². The van der Waals surface area contributed by atoms with Gasteiger partial charge in [0.25, 0.3) is 0 Å². The minimum atomic E-state index is -0.513. The molecule has 0 aliphatic rings. The van der Waals surface area contributed by atoms with Crippen LogP contribution in [-0.2, 0) is 0 Å². The summed E-state index contributed by atoms with van der Waals surface area (Å²) in [4.78, 5) is 13.3. The van der Waals surface area contributed by atoms with E-state index in [1.807, 2.05) is 0 Å². The van der Waals surface area contributed by atoms with Crippen molar-refractivity contribution in [2.24, 2.45) is 0 Å². The van der Waals surface area contributed by atoms with Crippen LogP contribution in [0.5, 0.6) is 0 Å². The number of pyridine rings is 1. The van der Waals surface area contributed by atoms with Crippen molar-refractivity contribution in [2.45, 2.75) is 0 Å². The van der Waals surface area contributed by atoms with E-state index in [0.717, 1.165) is 10.7 Å². The minimum absolute atomic E-state index is 0.513. The summed E-state index contributed by atoms with van der Waals surface area (Å²) in [5.74, 6) is 0. The molecule has 0 saturated carbocycles. The first-order valence-corrected chi connectivity index (χ1v) is 3.90. The summed E-state index contributed by atoms with van der Waals surface area (Å²) in [6, 6.07) is 1.74. The van der Waals surface area contributed by atoms with Crippen LogP contribution in [0, 0.1) is 10.1 Å². The summed E-state index contributed by atoms with van der Waals surface area (Å²) in [5, 5.41) is 9.94. The van der Waals surface area contributed by atoms with Crippen LogP contribution in [0.4, 0.5) is 0 Å². The Bertz CT molecular complexity index is 325. The molecule has 0 amide bonds. The third-order valence-electron chi connectivity index (χ3n) is 1.11. The molecule has 0 fully saturated rings. The van der Waals surface area contributed by atoms with Gasteiger partial charge in [-0.15, -0.1) is 0 Å². The Labute approximate surface area is 77.2 Å². The molecule has 0 aromatic carbocycles. The molecule has 12 heavy (non-hydrogen) atoms. The highest BCUT2D eigenvalue weighted by Gasteiger charge is 1.91. The summed E-state index contributed by atoms with van der Waals surface area (Å²) in [6.45, 7) is 0. The van der Waals surface area contributed by atoms with E-state index in [1.165, 1.54) is 6.08 Å². The molecule has 1 rings (SSSR count). The molecule has 5 heteroatoms. The predicted molar refractivity (Wildman–Crippen MR) is 48.0 cm³/mol. The number of aromatic nitrogens is 1. The van der Waals surface area contributed by atoms with Crippen molar-refractivity contribution >= 4 is 22.0 Å². The molecular weight excluding hydrogens is 224 g/mol. The van der Waals surface area contributed by atoms with Gasteiger partial charge in [0.2, 0.25) is 6.20 Å². The molecule has 0 aliphatic heterocycles. The molecule has 0 saturated heterocycles. The molecule has 0 aliphatic carbocycles. The molecule has 1 aromatic rings. The quantitative estimate of drug-likeness (QED) is 0.576. The Balaban J connectivity index is 2.83. The summed E-state index contributed by atoms with van der Waals surface area (Å²) in [7, 11) is 0. The van der Waals surface area contributed by atoms with Crippen molar-refractivity contribution < 1.29 is 4.92 Å². The topological polar surface area (TPSA) is 56.0 Å². The van der Waals surface area contributed by atoms with Crippen molar-refractivity contribution in [1.29, 1.82) is 0 Å². The molecule has 0 bridgehead atoms. The monoisotopic (exact) mass is 228 g/mol. The Morgan fingerprint density at radius 2 is 2.33 bits per heavy atom. The first-order valence-electron chi connectivity index (χ1n) is 3.11. The van der Waals surface area contributed by atoms with E-state index in [4.69, 9.17) is 0 Å². The standard InChI is InChI=1S/C7H5BrN2O2/c8-7-3-6(4-9-5-7)1-2-10(11)12/h1-5H. The smallest absolute Gasteiger partial charge is 0.235 e. The van der Waals surface area contributed by atoms with Gasteiger partial charge in [0.1, 0.15) is 0 Å². The van der Waals surface area contributed by atoms with Gasteiger partial charge in [-0.05, 0) is 22.0 Å². The molecular formula is C7H5BrN2O2. The molecule has 0 unspecified atom stereocenters. The summed E-state index contributed by atoms with van der Waals surface area (Å²) in [6.07, 6.45) is 5.43. The van der Waals surface area contributed by atoms with Crippen molar-refractivity contribution in [2.75, 3.05) is 0 Å². The Morgan fingerprint density at radius 3 is 2.92 bits per heavy atom. The zero-order valence-corrected chi connectivity index (χ0v) is 7.56. The molecule has 0 atom stereocenters. The Kier molecular flexibility index (Phi) is 2.93. The van der Waals surface area contributed by atoms with E-state index in [2.05, 4.69) is 20.9 Å². The third-order valence-corrected chi connectivity index (χ3v) is 1.55. The average molecular weight is 229 g/mol. The minimum Gasteiger partial charge on any atom is -0.263 e. The van der Waals surface area contributed by atoms with Crippen molar-refractivity contribution in [3.05, 3.63) is 44.8 Å². The highest BCUT2D eigenvalue weighted by atomic mass is 79.9. The zero-order chi connectivity index (χ0) is 8.97. The predicted octanol–water partition coefficient (Wildman–Crippen LogP) is 2.09. The summed E-state index contributed by atoms with van der Waals surface area (Å²) in [5.41, 5.74) is 0.695. The van der Waals surface area contributed by atoms with Crippen molar-refractivity contribution in [3.63, 3.8) is 0 Å². The van der Waals surface area contributed by atoms with Crippen LogP contribution in [0.1, 0.15) is 5.56 Å². The highest BCUT2D eigenvalue weighted by Crippen LogP contribution is 2.10. The third kappa shape index (κ3) is 2.79. The van der Waals surface area contributed by atoms with E-state index in [1.54, 1.807) is 18.5 Å². The second kappa shape index (κ2) is 3.96. The fourth-order valence-corrected chi connectivity index (χ4v) is 1.05. The average Bonchev–Trinajstić information content (AvgIpc) is 2.01. The lowest BCUT2D eigenvalue weighted by Crippen LogP contribution is -1.83. The van der Waals surface area contributed by atoms with E-state index in [-0.39, 0.29) is 0 Å². The normalized spacial score (nSPS) is 10.4. The van der Waals surface area contributed by atoms with Gasteiger partial charge in [-0.25, -0.2) is 0 Å². The van der Waals surface area contributed by atoms with Gasteiger partial charge in [0, 0.05) is 28.5 Å². The number of hydrogen-bond acceptors (Lipinski definition) is 3. The van der Waals surface area contributed by atoms with Crippen LogP contribution in [0.15, 0.2) is 29.1 Å². The number of halogens is 1. The van der Waals surface area contributed by atoms with E-state index >= 15 is 0 Å². The van der Waals surface area contributed by atoms with Crippen LogP contribution in [0.25, 0.3) is 6.08 Å². The maximum atomic E-state index is 9.94. The molecule has 0 N–H and O–H groups in total. The fourth-order valence-electron chi connectivity index (χ4n) is 0.666. The molecule has 1 aromatic heterocycles. The molecule has 1 heterocycles. The Morgan fingerprint density at radius 1 is 1.58 bits per heavy atom. The van der Waals surface area contributed by atoms with Gasteiger partial charge < -0.3 is 0 Å². The lowest BCUT2D eigenvalue weighted by molar-refractivity contribution is -0.400. The first kappa shape index (κ1) is 8.86. The van der Waals surface area contributed by atoms with Gasteiger partial charge in [0.15, 0.2) is 0 Å². The number of hydrogen-bond donors (Lipinski definition) is 0. The highest BCUT2D eigenvalue weighted by molar-refractivity contribution is 9.10. The number of nitro groups is 1. The molecule has 62 valence electrons. The largest absolute Gasteiger partial charge is 0.263 e. The fraction of sp³-hybridized carbons (Fsp3) is 0. The lowest BCUT2D eigenvalue weighted by Gasteiger charge is -1.90. The van der Waals surface area contributed by atoms with E-state index in [0.29, 0.717) is 5.56 Å². The van der Waals surface area contributed by atoms with Crippen molar-refractivity contribution in [1.82, 2.24) is 4.98 Å². The summed E-state index contributed by atoms with van der Waals surface area (Å²) >= 11 is 3.20. The van der Waals surface area contributed by atoms with Crippen LogP contribution in [-0.4, -0.2) is 9.91 Å². The SMILES string of the molecule is O=[N+]([O-])C=Cc1cncc(Br)c1. The van der Waals surface area contributed by atoms with Crippen LogP contribution < -0.4 is 0 Å². The maximum Gasteiger partial charge on any atom is 0.235 e. The second-order valence-electron chi connectivity index (χ2n) is 2.04. The van der Waals surface area contributed by atoms with Crippen molar-refractivity contribution in [3.8, 4) is 0 Å². The summed E-state index contributed by atoms with van der Waals surface area (Å²) < 4.78 is 0.799. The van der Waals surface area contributed by atoms with Gasteiger partial charge >= 0.3 is 0 Å². The maximum absolute atomic E-state index is 9.94. The molecule has 0 radical (unpaired) electrons. The number of rotatable bonds is 2. The second-order valence-corrected chi connectivity index (χ2v) is 2.95. The van der Waals surface area contributed by atoms with Crippen LogP contribution in [0.2, 0.25) is 0 Å². The van der Waals surface area contributed by atoms with Crippen LogP contribution >= 0.6 is 15.9 Å². The number of nitrogens with zero attached hydrogens (tertiary/aromatic N) is 2. The lowest BCUT2D eigenvalue weighted by atomic mass is 10.3. The molecule has 0 spiro atoms. The first-order chi connectivity index (χ1) is 5.68. The van der Waals surface area contributed by atoms with Gasteiger partial charge in [0.05, 0.1) is 4.92 Å². The van der Waals surface area contributed by atoms with Gasteiger partial charge in [-0.1, -0.05) is 0 Å². The Hall–Kier alpha value is -1.23. The van der Waals surface area contributed by atoms with Gasteiger partial charge in [-0.2, -0.15) is 0 Å². The van der Waals surface area contributed by atoms with Gasteiger partial charge in [-0.3, -0.25) is 15.1 Å². The van der Waals surface area contributed by atoms with E-state index in [9.17, 15) is 10.1 Å². The zero-order valence-electron chi connectivity index (χ0n) is 5.98.